The summed E-state index contributed by atoms with van der Waals surface area (Å²) in [4.78, 5) is 52.6. The van der Waals surface area contributed by atoms with Gasteiger partial charge in [-0.3, -0.25) is 28.9 Å². The number of hydrogen-bond acceptors (Lipinski definition) is 9. The highest BCUT2D eigenvalue weighted by atomic mass is 16.6. The summed E-state index contributed by atoms with van der Waals surface area (Å²) in [7, 11) is 0. The molecule has 1 aromatic heterocycles. The van der Waals surface area contributed by atoms with Crippen LogP contribution in [0.5, 0.6) is 0 Å². The smallest absolute Gasteiger partial charge is 0.330 e. The Bertz CT molecular complexity index is 829. The van der Waals surface area contributed by atoms with Gasteiger partial charge in [0.15, 0.2) is 0 Å². The predicted molar refractivity (Wildman–Crippen MR) is 93.6 cm³/mol. The number of aromatic nitrogens is 2. The van der Waals surface area contributed by atoms with Crippen molar-refractivity contribution >= 4 is 18.2 Å². The lowest BCUT2D eigenvalue weighted by Gasteiger charge is -2.17. The molecule has 0 unspecified atom stereocenters. The molecule has 0 amide bonds. The van der Waals surface area contributed by atoms with Crippen molar-refractivity contribution in [1.29, 1.82) is 0 Å². The second-order valence-electron chi connectivity index (χ2n) is 5.89. The van der Waals surface area contributed by atoms with Crippen molar-refractivity contribution in [3.63, 3.8) is 0 Å². The van der Waals surface area contributed by atoms with Crippen molar-refractivity contribution in [3.8, 4) is 0 Å². The number of esters is 2. The van der Waals surface area contributed by atoms with Crippen LogP contribution in [0.1, 0.15) is 32.1 Å². The van der Waals surface area contributed by atoms with Gasteiger partial charge in [-0.15, -0.1) is 0 Å². The van der Waals surface area contributed by atoms with Crippen LogP contribution in [0.15, 0.2) is 20.8 Å². The van der Waals surface area contributed by atoms with Gasteiger partial charge in [-0.25, -0.2) is 4.79 Å². The minimum absolute atomic E-state index is 0.132. The van der Waals surface area contributed by atoms with Gasteiger partial charge in [0.05, 0.1) is 12.1 Å². The molecule has 0 aliphatic carbocycles. The highest BCUT2D eigenvalue weighted by Crippen LogP contribution is 2.30. The molecule has 1 aliphatic heterocycles. The molecular formula is C16H22N4O7. The maximum atomic E-state index is 12.2. The van der Waals surface area contributed by atoms with Crippen molar-refractivity contribution < 1.29 is 23.8 Å². The Labute approximate surface area is 154 Å². The van der Waals surface area contributed by atoms with E-state index >= 15 is 0 Å². The molecule has 0 bridgehead atoms. The van der Waals surface area contributed by atoms with Gasteiger partial charge in [0.1, 0.15) is 25.0 Å². The summed E-state index contributed by atoms with van der Waals surface area (Å²) in [6, 6.07) is 0. The van der Waals surface area contributed by atoms with E-state index in [1.54, 1.807) is 0 Å². The Balaban J connectivity index is 2.27. The molecule has 1 aliphatic rings. The quantitative estimate of drug-likeness (QED) is 0.435. The Morgan fingerprint density at radius 2 is 2.15 bits per heavy atom. The second-order valence-corrected chi connectivity index (χ2v) is 5.89. The van der Waals surface area contributed by atoms with Crippen molar-refractivity contribution in [2.24, 2.45) is 10.7 Å². The van der Waals surface area contributed by atoms with Gasteiger partial charge in [-0.2, -0.15) is 0 Å². The molecule has 148 valence electrons. The highest BCUT2D eigenvalue weighted by Gasteiger charge is 2.39. The molecule has 0 radical (unpaired) electrons. The van der Waals surface area contributed by atoms with Crippen molar-refractivity contribution in [1.82, 2.24) is 9.55 Å². The fourth-order valence-electron chi connectivity index (χ4n) is 2.60. The minimum atomic E-state index is -0.819. The van der Waals surface area contributed by atoms with Crippen LogP contribution in [0.3, 0.4) is 0 Å². The Morgan fingerprint density at radius 1 is 1.41 bits per heavy atom. The zero-order valence-electron chi connectivity index (χ0n) is 15.0. The van der Waals surface area contributed by atoms with E-state index in [2.05, 4.69) is 9.98 Å². The summed E-state index contributed by atoms with van der Waals surface area (Å²) < 4.78 is 17.0. The monoisotopic (exact) mass is 382 g/mol. The SMILES string of the molecule is CC(=O)OC[C@H]1O[C@@H](n2cc(C=NCCN)c(=O)[nH]c2=O)C[C@@H]1OC(C)=O. The van der Waals surface area contributed by atoms with E-state index in [0.29, 0.717) is 13.1 Å². The number of carbonyl (C=O) groups excluding carboxylic acids is 2. The maximum Gasteiger partial charge on any atom is 0.330 e. The number of aromatic amines is 1. The number of aliphatic imine (C=N–C) groups is 1. The molecule has 0 aromatic carbocycles. The van der Waals surface area contributed by atoms with Gasteiger partial charge in [-0.05, 0) is 0 Å². The van der Waals surface area contributed by atoms with E-state index < -0.39 is 41.6 Å². The summed E-state index contributed by atoms with van der Waals surface area (Å²) >= 11 is 0. The van der Waals surface area contributed by atoms with Gasteiger partial charge in [-0.1, -0.05) is 0 Å². The van der Waals surface area contributed by atoms with Crippen LogP contribution >= 0.6 is 0 Å². The van der Waals surface area contributed by atoms with E-state index in [0.717, 1.165) is 0 Å². The van der Waals surface area contributed by atoms with Crippen LogP contribution in [0.4, 0.5) is 0 Å². The zero-order valence-corrected chi connectivity index (χ0v) is 15.0. The normalized spacial score (nSPS) is 22.1. The molecule has 2 rings (SSSR count). The van der Waals surface area contributed by atoms with E-state index in [4.69, 9.17) is 19.9 Å². The highest BCUT2D eigenvalue weighted by molar-refractivity contribution is 5.78. The van der Waals surface area contributed by atoms with Gasteiger partial charge >= 0.3 is 17.6 Å². The predicted octanol–water partition coefficient (Wildman–Crippen LogP) is -1.30. The van der Waals surface area contributed by atoms with Crippen LogP contribution in [0.2, 0.25) is 0 Å². The molecule has 3 atom stereocenters. The maximum absolute atomic E-state index is 12.2. The first kappa shape index (κ1) is 20.5. The van der Waals surface area contributed by atoms with E-state index in [-0.39, 0.29) is 18.6 Å². The first-order valence-corrected chi connectivity index (χ1v) is 8.33. The number of carbonyl (C=O) groups is 2. The van der Waals surface area contributed by atoms with Crippen molar-refractivity contribution in [2.45, 2.75) is 38.7 Å². The lowest BCUT2D eigenvalue weighted by molar-refractivity contribution is -0.155. The number of nitrogens with one attached hydrogen (secondary N) is 1. The van der Waals surface area contributed by atoms with E-state index in [9.17, 15) is 19.2 Å². The average Bonchev–Trinajstić information content (AvgIpc) is 2.96. The molecule has 0 spiro atoms. The number of ether oxygens (including phenoxy) is 3. The summed E-state index contributed by atoms with van der Waals surface area (Å²) in [5.74, 6) is -1.04. The number of H-pyrrole nitrogens is 1. The molecule has 11 heteroatoms. The third-order valence-corrected chi connectivity index (χ3v) is 3.74. The van der Waals surface area contributed by atoms with Crippen LogP contribution in [0.25, 0.3) is 0 Å². The third-order valence-electron chi connectivity index (χ3n) is 3.74. The fraction of sp³-hybridized carbons (Fsp3) is 0.562. The molecule has 1 saturated heterocycles. The van der Waals surface area contributed by atoms with Crippen LogP contribution in [-0.2, 0) is 23.8 Å². The second kappa shape index (κ2) is 9.24. The lowest BCUT2D eigenvalue weighted by Crippen LogP contribution is -2.34. The Morgan fingerprint density at radius 3 is 2.78 bits per heavy atom. The summed E-state index contributed by atoms with van der Waals surface area (Å²) in [6.45, 7) is 3.01. The summed E-state index contributed by atoms with van der Waals surface area (Å²) in [6.07, 6.45) is 0.509. The molecule has 1 fully saturated rings. The topological polar surface area (TPSA) is 155 Å². The first-order valence-electron chi connectivity index (χ1n) is 8.33. The Hall–Kier alpha value is -2.79. The molecule has 0 saturated carbocycles. The third kappa shape index (κ3) is 5.59. The lowest BCUT2D eigenvalue weighted by atomic mass is 10.2. The van der Waals surface area contributed by atoms with E-state index in [1.165, 1.54) is 30.8 Å². The fourth-order valence-corrected chi connectivity index (χ4v) is 2.60. The standard InChI is InChI=1S/C16H22N4O7/c1-9(21)25-8-13-12(26-10(2)22)5-14(27-13)20-7-11(6-18-4-3-17)15(23)19-16(20)24/h6-7,12-14H,3-5,8,17H2,1-2H3,(H,19,23,24)/t12-,13+,14+/m0/s1. The average molecular weight is 382 g/mol. The Kier molecular flexibility index (Phi) is 7.02. The van der Waals surface area contributed by atoms with Crippen molar-refractivity contribution in [2.75, 3.05) is 19.7 Å². The zero-order chi connectivity index (χ0) is 20.0. The number of hydrogen-bond donors (Lipinski definition) is 2. The van der Waals surface area contributed by atoms with Crippen LogP contribution in [0, 0.1) is 0 Å². The molecule has 3 N–H and O–H groups in total. The number of nitrogens with two attached hydrogens (primary N) is 1. The molecule has 11 nitrogen and oxygen atoms in total. The molecular weight excluding hydrogens is 360 g/mol. The minimum Gasteiger partial charge on any atom is -0.463 e. The van der Waals surface area contributed by atoms with Gasteiger partial charge in [0.2, 0.25) is 0 Å². The van der Waals surface area contributed by atoms with Gasteiger partial charge < -0.3 is 19.9 Å². The molecule has 1 aromatic rings. The molecule has 27 heavy (non-hydrogen) atoms. The molecule has 2 heterocycles. The van der Waals surface area contributed by atoms with Gasteiger partial charge in [0, 0.05) is 39.2 Å². The van der Waals surface area contributed by atoms with E-state index in [1.807, 2.05) is 0 Å². The van der Waals surface area contributed by atoms with Crippen LogP contribution in [-0.4, -0.2) is 59.6 Å². The largest absolute Gasteiger partial charge is 0.463 e. The van der Waals surface area contributed by atoms with Crippen LogP contribution < -0.4 is 17.0 Å². The van der Waals surface area contributed by atoms with Crippen molar-refractivity contribution in [3.05, 3.63) is 32.6 Å². The number of rotatable bonds is 7. The summed E-state index contributed by atoms with van der Waals surface area (Å²) in [5.41, 5.74) is 4.23. The summed E-state index contributed by atoms with van der Waals surface area (Å²) in [5, 5.41) is 0. The van der Waals surface area contributed by atoms with Gasteiger partial charge in [0.25, 0.3) is 5.56 Å². The first-order chi connectivity index (χ1) is 12.8. The number of nitrogens with zero attached hydrogens (tertiary/aromatic N) is 2.